The fraction of sp³-hybridized carbons (Fsp3) is 0.222. The van der Waals surface area contributed by atoms with E-state index in [0.29, 0.717) is 23.1 Å². The van der Waals surface area contributed by atoms with Crippen LogP contribution in [0.2, 0.25) is 0 Å². The van der Waals surface area contributed by atoms with Gasteiger partial charge in [-0.25, -0.2) is 13.8 Å². The van der Waals surface area contributed by atoms with Crippen LogP contribution < -0.4 is 11.0 Å². The van der Waals surface area contributed by atoms with Crippen molar-refractivity contribution < 1.29 is 4.39 Å². The number of nitrogens with zero attached hydrogens (tertiary/aromatic N) is 5. The molecule has 0 unspecified atom stereocenters. The molecule has 27 heavy (non-hydrogen) atoms. The van der Waals surface area contributed by atoms with Crippen molar-refractivity contribution in [3.05, 3.63) is 64.5 Å². The lowest BCUT2D eigenvalue weighted by atomic mass is 10.1. The minimum absolute atomic E-state index is 0.166. The van der Waals surface area contributed by atoms with Crippen LogP contribution in [0.4, 0.5) is 4.39 Å². The number of aromatic amines is 1. The van der Waals surface area contributed by atoms with Gasteiger partial charge in [0.1, 0.15) is 0 Å². The van der Waals surface area contributed by atoms with Crippen LogP contribution in [0.15, 0.2) is 41.7 Å². The molecular formula is C18H16FN7O. The fourth-order valence-corrected chi connectivity index (χ4v) is 3.52. The summed E-state index contributed by atoms with van der Waals surface area (Å²) in [7, 11) is 0. The Labute approximate surface area is 152 Å². The molecule has 0 aliphatic carbocycles. The molecule has 136 valence electrons. The molecule has 2 N–H and O–H groups in total. The number of nitrogens with one attached hydrogen (secondary N) is 2. The maximum absolute atomic E-state index is 14.9. The van der Waals surface area contributed by atoms with Crippen molar-refractivity contribution >= 4 is 10.8 Å². The van der Waals surface area contributed by atoms with E-state index in [1.807, 2.05) is 0 Å². The molecule has 0 atom stereocenters. The quantitative estimate of drug-likeness (QED) is 0.561. The van der Waals surface area contributed by atoms with Gasteiger partial charge in [-0.05, 0) is 25.5 Å². The standard InChI is InChI=1S/C18H16FN7O/c19-16-12-10-22-21-8-11(12)3-4-15(16)25-6-7-26(18(25)27)17-13-9-20-5-1-2-14(13)23-24-17/h3-4,6-8,10,20H,1-2,5,9H2,(H,23,24). The summed E-state index contributed by atoms with van der Waals surface area (Å²) in [6, 6.07) is 3.29. The van der Waals surface area contributed by atoms with Crippen LogP contribution in [0, 0.1) is 5.82 Å². The molecule has 0 amide bonds. The van der Waals surface area contributed by atoms with E-state index in [2.05, 4.69) is 25.7 Å². The van der Waals surface area contributed by atoms with Crippen molar-refractivity contribution in [2.75, 3.05) is 6.54 Å². The summed E-state index contributed by atoms with van der Waals surface area (Å²) in [6.07, 6.45) is 7.89. The van der Waals surface area contributed by atoms with Crippen LogP contribution in [0.1, 0.15) is 17.7 Å². The van der Waals surface area contributed by atoms with E-state index in [4.69, 9.17) is 0 Å². The number of fused-ring (bicyclic) bond motifs is 2. The molecule has 0 saturated heterocycles. The zero-order valence-electron chi connectivity index (χ0n) is 14.3. The van der Waals surface area contributed by atoms with Crippen LogP contribution in [0.5, 0.6) is 0 Å². The van der Waals surface area contributed by atoms with Crippen molar-refractivity contribution in [3.63, 3.8) is 0 Å². The van der Waals surface area contributed by atoms with Crippen molar-refractivity contribution in [1.82, 2.24) is 34.8 Å². The van der Waals surface area contributed by atoms with Crippen LogP contribution >= 0.6 is 0 Å². The Morgan fingerprint density at radius 1 is 1.11 bits per heavy atom. The largest absolute Gasteiger partial charge is 0.338 e. The predicted molar refractivity (Wildman–Crippen MR) is 96.6 cm³/mol. The third kappa shape index (κ3) is 2.47. The summed E-state index contributed by atoms with van der Waals surface area (Å²) in [4.78, 5) is 13.0. The molecule has 9 heteroatoms. The highest BCUT2D eigenvalue weighted by atomic mass is 19.1. The van der Waals surface area contributed by atoms with Gasteiger partial charge >= 0.3 is 5.69 Å². The van der Waals surface area contributed by atoms with Gasteiger partial charge in [0.05, 0.1) is 18.1 Å². The van der Waals surface area contributed by atoms with Crippen LogP contribution in [0.25, 0.3) is 22.3 Å². The monoisotopic (exact) mass is 365 g/mol. The number of rotatable bonds is 2. The van der Waals surface area contributed by atoms with Crippen molar-refractivity contribution in [3.8, 4) is 11.5 Å². The van der Waals surface area contributed by atoms with Gasteiger partial charge in [0.2, 0.25) is 0 Å². The maximum Gasteiger partial charge on any atom is 0.338 e. The molecule has 5 rings (SSSR count). The first-order valence-electron chi connectivity index (χ1n) is 8.70. The van der Waals surface area contributed by atoms with Crippen molar-refractivity contribution in [2.24, 2.45) is 0 Å². The number of H-pyrrole nitrogens is 1. The minimum atomic E-state index is -0.509. The molecule has 0 bridgehead atoms. The normalized spacial score (nSPS) is 14.3. The Balaban J connectivity index is 1.64. The number of halogens is 1. The van der Waals surface area contributed by atoms with Crippen LogP contribution in [-0.2, 0) is 13.0 Å². The summed E-state index contributed by atoms with van der Waals surface area (Å²) in [5, 5.41) is 19.1. The molecule has 0 fully saturated rings. The van der Waals surface area contributed by atoms with E-state index in [1.165, 1.54) is 21.5 Å². The zero-order valence-corrected chi connectivity index (χ0v) is 14.3. The summed E-state index contributed by atoms with van der Waals surface area (Å²) in [5.74, 6) is 0.0417. The molecular weight excluding hydrogens is 349 g/mol. The maximum atomic E-state index is 14.9. The lowest BCUT2D eigenvalue weighted by Gasteiger charge is -2.06. The predicted octanol–water partition coefficient (Wildman–Crippen LogP) is 1.47. The molecule has 0 spiro atoms. The van der Waals surface area contributed by atoms with Gasteiger partial charge in [0, 0.05) is 41.0 Å². The van der Waals surface area contributed by atoms with Gasteiger partial charge in [-0.1, -0.05) is 6.07 Å². The van der Waals surface area contributed by atoms with Gasteiger partial charge in [0.15, 0.2) is 11.6 Å². The van der Waals surface area contributed by atoms with Gasteiger partial charge in [-0.3, -0.25) is 9.67 Å². The summed E-state index contributed by atoms with van der Waals surface area (Å²) in [5.41, 5.74) is 1.79. The zero-order chi connectivity index (χ0) is 18.4. The number of hydrogen-bond acceptors (Lipinski definition) is 5. The summed E-state index contributed by atoms with van der Waals surface area (Å²) >= 11 is 0. The van der Waals surface area contributed by atoms with E-state index >= 15 is 0 Å². The van der Waals surface area contributed by atoms with E-state index in [1.54, 1.807) is 24.5 Å². The van der Waals surface area contributed by atoms with E-state index in [0.717, 1.165) is 30.6 Å². The van der Waals surface area contributed by atoms with E-state index in [9.17, 15) is 9.18 Å². The van der Waals surface area contributed by atoms with E-state index in [-0.39, 0.29) is 11.4 Å². The number of hydrogen-bond donors (Lipinski definition) is 2. The average Bonchev–Trinajstić information content (AvgIpc) is 3.17. The molecule has 1 aliphatic rings. The SMILES string of the molecule is O=c1n(-c2ccc3cnncc3c2F)ccn1-c1n[nH]c2c1CNCCC2. The van der Waals surface area contributed by atoms with Gasteiger partial charge < -0.3 is 5.32 Å². The molecule has 8 nitrogen and oxygen atoms in total. The van der Waals surface area contributed by atoms with Crippen molar-refractivity contribution in [1.29, 1.82) is 0 Å². The fourth-order valence-electron chi connectivity index (χ4n) is 3.52. The first-order valence-corrected chi connectivity index (χ1v) is 8.70. The number of aryl methyl sites for hydroxylation is 1. The second-order valence-corrected chi connectivity index (χ2v) is 6.50. The Morgan fingerprint density at radius 3 is 2.89 bits per heavy atom. The lowest BCUT2D eigenvalue weighted by molar-refractivity contribution is 0.626. The molecule has 4 aromatic rings. The van der Waals surface area contributed by atoms with Gasteiger partial charge in [-0.15, -0.1) is 0 Å². The Hall–Kier alpha value is -3.33. The topological polar surface area (TPSA) is 93.4 Å². The number of benzene rings is 1. The Kier molecular flexibility index (Phi) is 3.61. The second-order valence-electron chi connectivity index (χ2n) is 6.50. The average molecular weight is 365 g/mol. The Bertz CT molecular complexity index is 1210. The third-order valence-corrected chi connectivity index (χ3v) is 4.92. The first-order chi connectivity index (χ1) is 13.2. The molecule has 4 heterocycles. The van der Waals surface area contributed by atoms with Gasteiger partial charge in [0.25, 0.3) is 0 Å². The third-order valence-electron chi connectivity index (χ3n) is 4.92. The molecule has 1 aliphatic heterocycles. The lowest BCUT2D eigenvalue weighted by Crippen LogP contribution is -2.24. The van der Waals surface area contributed by atoms with E-state index < -0.39 is 5.82 Å². The van der Waals surface area contributed by atoms with Crippen LogP contribution in [0.3, 0.4) is 0 Å². The molecule has 0 radical (unpaired) electrons. The summed E-state index contributed by atoms with van der Waals surface area (Å²) < 4.78 is 17.7. The van der Waals surface area contributed by atoms with Crippen LogP contribution in [-0.4, -0.2) is 36.1 Å². The highest BCUT2D eigenvalue weighted by Crippen LogP contribution is 2.23. The molecule has 3 aromatic heterocycles. The number of aromatic nitrogens is 6. The Morgan fingerprint density at radius 2 is 1.96 bits per heavy atom. The highest BCUT2D eigenvalue weighted by molar-refractivity contribution is 5.83. The summed E-state index contributed by atoms with van der Waals surface area (Å²) in [6.45, 7) is 1.56. The second kappa shape index (κ2) is 6.13. The van der Waals surface area contributed by atoms with Crippen molar-refractivity contribution in [2.45, 2.75) is 19.4 Å². The molecule has 0 saturated carbocycles. The smallest absolute Gasteiger partial charge is 0.312 e. The number of imidazole rings is 1. The molecule has 1 aromatic carbocycles. The minimum Gasteiger partial charge on any atom is -0.312 e. The van der Waals surface area contributed by atoms with Gasteiger partial charge in [-0.2, -0.15) is 15.3 Å². The first kappa shape index (κ1) is 15.9. The highest BCUT2D eigenvalue weighted by Gasteiger charge is 2.20.